The van der Waals surface area contributed by atoms with E-state index in [9.17, 15) is 19.8 Å². The van der Waals surface area contributed by atoms with Crippen molar-refractivity contribution in [1.29, 1.82) is 0 Å². The molecule has 5 heteroatoms. The van der Waals surface area contributed by atoms with Crippen LogP contribution in [0, 0.1) is 17.3 Å². The van der Waals surface area contributed by atoms with Crippen molar-refractivity contribution in [2.75, 3.05) is 0 Å². The number of carbonyl (C=O) groups excluding carboxylic acids is 1. The molecule has 4 atom stereocenters. The summed E-state index contributed by atoms with van der Waals surface area (Å²) in [6.45, 7) is 6.35. The summed E-state index contributed by atoms with van der Waals surface area (Å²) in [6, 6.07) is 0. The van der Waals surface area contributed by atoms with Gasteiger partial charge in [0.15, 0.2) is 0 Å². The number of hydrogen-bond donors (Lipinski definition) is 3. The number of Topliss-reactive ketones (excluding diaryl/α,β-unsaturated/α-hetero) is 1. The second-order valence-corrected chi connectivity index (χ2v) is 9.40. The summed E-state index contributed by atoms with van der Waals surface area (Å²) >= 11 is 0. The maximum Gasteiger partial charge on any atom is 0.303 e. The average Bonchev–Trinajstić information content (AvgIpc) is 2.92. The van der Waals surface area contributed by atoms with E-state index in [1.165, 1.54) is 19.3 Å². The monoisotopic (exact) mass is 424 g/mol. The summed E-state index contributed by atoms with van der Waals surface area (Å²) in [5.74, 6) is -0.448. The zero-order chi connectivity index (χ0) is 22.6. The van der Waals surface area contributed by atoms with Gasteiger partial charge in [-0.05, 0) is 43.9 Å². The smallest absolute Gasteiger partial charge is 0.303 e. The summed E-state index contributed by atoms with van der Waals surface area (Å²) in [6.07, 6.45) is 12.7. The number of ketones is 1. The van der Waals surface area contributed by atoms with Crippen LogP contribution in [0.2, 0.25) is 0 Å². The zero-order valence-electron chi connectivity index (χ0n) is 19.3. The Bertz CT molecular complexity index is 542. The number of aliphatic carboxylic acids is 1. The number of rotatable bonds is 16. The molecule has 0 aromatic carbocycles. The van der Waals surface area contributed by atoms with E-state index >= 15 is 0 Å². The van der Waals surface area contributed by atoms with Gasteiger partial charge in [0.1, 0.15) is 5.78 Å². The maximum atomic E-state index is 12.4. The lowest BCUT2D eigenvalue weighted by molar-refractivity contribution is -0.137. The minimum atomic E-state index is -0.786. The summed E-state index contributed by atoms with van der Waals surface area (Å²) in [5.41, 5.74) is -0.440. The largest absolute Gasteiger partial charge is 0.481 e. The highest BCUT2D eigenvalue weighted by atomic mass is 16.4. The van der Waals surface area contributed by atoms with Crippen LogP contribution >= 0.6 is 0 Å². The van der Waals surface area contributed by atoms with E-state index in [1.54, 1.807) is 0 Å². The Kier molecular flexibility index (Phi) is 12.5. The molecule has 0 heterocycles. The van der Waals surface area contributed by atoms with Gasteiger partial charge in [-0.25, -0.2) is 0 Å². The van der Waals surface area contributed by atoms with E-state index in [-0.39, 0.29) is 24.0 Å². The molecule has 0 unspecified atom stereocenters. The fourth-order valence-corrected chi connectivity index (χ4v) is 5.16. The van der Waals surface area contributed by atoms with Crippen LogP contribution < -0.4 is 0 Å². The summed E-state index contributed by atoms with van der Waals surface area (Å²) in [4.78, 5) is 23.0. The van der Waals surface area contributed by atoms with Crippen molar-refractivity contribution in [3.8, 4) is 0 Å². The van der Waals surface area contributed by atoms with E-state index in [2.05, 4.69) is 20.8 Å². The third-order valence-electron chi connectivity index (χ3n) is 7.01. The molecule has 0 aromatic heterocycles. The van der Waals surface area contributed by atoms with Crippen LogP contribution in [0.15, 0.2) is 12.2 Å². The van der Waals surface area contributed by atoms with Gasteiger partial charge in [-0.1, -0.05) is 58.6 Å². The Morgan fingerprint density at radius 3 is 2.33 bits per heavy atom. The van der Waals surface area contributed by atoms with Crippen molar-refractivity contribution in [3.63, 3.8) is 0 Å². The van der Waals surface area contributed by atoms with Crippen molar-refractivity contribution in [3.05, 3.63) is 12.2 Å². The number of carboxylic acids is 1. The molecule has 1 aliphatic rings. The number of carboxylic acid groups (broad SMARTS) is 1. The average molecular weight is 425 g/mol. The van der Waals surface area contributed by atoms with E-state index in [1.807, 2.05) is 12.2 Å². The molecule has 0 amide bonds. The fraction of sp³-hybridized carbons (Fsp3) is 0.840. The Labute approximate surface area is 183 Å². The molecule has 0 bridgehead atoms. The predicted molar refractivity (Wildman–Crippen MR) is 120 cm³/mol. The molecule has 0 aromatic rings. The van der Waals surface area contributed by atoms with E-state index in [4.69, 9.17) is 5.11 Å². The van der Waals surface area contributed by atoms with Gasteiger partial charge in [-0.2, -0.15) is 0 Å². The highest BCUT2D eigenvalue weighted by Crippen LogP contribution is 2.53. The zero-order valence-corrected chi connectivity index (χ0v) is 19.3. The van der Waals surface area contributed by atoms with Gasteiger partial charge in [0, 0.05) is 31.1 Å². The Morgan fingerprint density at radius 2 is 1.70 bits per heavy atom. The van der Waals surface area contributed by atoms with Crippen molar-refractivity contribution in [1.82, 2.24) is 0 Å². The lowest BCUT2D eigenvalue weighted by Crippen LogP contribution is -2.41. The number of hydrogen-bond acceptors (Lipinski definition) is 4. The maximum absolute atomic E-state index is 12.4. The van der Waals surface area contributed by atoms with Crippen LogP contribution in [0.3, 0.4) is 0 Å². The van der Waals surface area contributed by atoms with Gasteiger partial charge < -0.3 is 15.3 Å². The van der Waals surface area contributed by atoms with Crippen molar-refractivity contribution in [2.24, 2.45) is 17.3 Å². The molecule has 0 spiro atoms. The van der Waals surface area contributed by atoms with Crippen LogP contribution in [0.4, 0.5) is 0 Å². The highest BCUT2D eigenvalue weighted by molar-refractivity contribution is 5.78. The molecule has 0 saturated heterocycles. The van der Waals surface area contributed by atoms with Gasteiger partial charge in [0.25, 0.3) is 0 Å². The van der Waals surface area contributed by atoms with Gasteiger partial charge >= 0.3 is 5.97 Å². The quantitative estimate of drug-likeness (QED) is 0.231. The normalized spacial score (nSPS) is 26.7. The topological polar surface area (TPSA) is 94.8 Å². The number of aliphatic hydroxyl groups is 2. The minimum Gasteiger partial charge on any atom is -0.481 e. The van der Waals surface area contributed by atoms with Gasteiger partial charge in [0.05, 0.1) is 12.2 Å². The SMILES string of the molecule is CCCCCCCC(=O)CC[C@H]1[C@H](O)C[C@H](O)[C@@]1(CC=CCCCC(=O)O)C(C)C. The Morgan fingerprint density at radius 1 is 1.00 bits per heavy atom. The van der Waals surface area contributed by atoms with Gasteiger partial charge in [-0.15, -0.1) is 0 Å². The van der Waals surface area contributed by atoms with Crippen LogP contribution in [0.5, 0.6) is 0 Å². The standard InChI is InChI=1S/C25H44O5/c1-4-5-6-7-10-13-20(26)15-16-21-22(27)18-23(28)25(21,19(2)3)17-12-9-8-11-14-24(29)30/h9,12,19,21-23,27-28H,4-8,10-11,13-18H2,1-3H3,(H,29,30)/t21-,22+,23-,25-/m0/s1. The van der Waals surface area contributed by atoms with Crippen LogP contribution in [-0.2, 0) is 9.59 Å². The summed E-state index contributed by atoms with van der Waals surface area (Å²) in [7, 11) is 0. The first-order valence-corrected chi connectivity index (χ1v) is 12.0. The predicted octanol–water partition coefficient (Wildman–Crippen LogP) is 5.28. The molecular weight excluding hydrogens is 380 g/mol. The first-order valence-electron chi connectivity index (χ1n) is 12.0. The fourth-order valence-electron chi connectivity index (χ4n) is 5.16. The van der Waals surface area contributed by atoms with Crippen LogP contribution in [-0.4, -0.2) is 39.3 Å². The third kappa shape index (κ3) is 8.14. The Hall–Kier alpha value is -1.20. The minimum absolute atomic E-state index is 0.0970. The molecule has 30 heavy (non-hydrogen) atoms. The summed E-state index contributed by atoms with van der Waals surface area (Å²) < 4.78 is 0. The van der Waals surface area contributed by atoms with Crippen molar-refractivity contribution in [2.45, 2.75) is 116 Å². The molecule has 1 aliphatic carbocycles. The molecule has 0 aliphatic heterocycles. The molecule has 1 fully saturated rings. The van der Waals surface area contributed by atoms with Crippen molar-refractivity contribution < 1.29 is 24.9 Å². The lowest BCUT2D eigenvalue weighted by Gasteiger charge is -2.42. The second kappa shape index (κ2) is 14.0. The van der Waals surface area contributed by atoms with Crippen molar-refractivity contribution >= 4 is 11.8 Å². The first-order chi connectivity index (χ1) is 14.3. The second-order valence-electron chi connectivity index (χ2n) is 9.40. The molecule has 3 N–H and O–H groups in total. The lowest BCUT2D eigenvalue weighted by atomic mass is 9.64. The van der Waals surface area contributed by atoms with E-state index in [0.717, 1.165) is 12.8 Å². The molecule has 174 valence electrons. The molecule has 5 nitrogen and oxygen atoms in total. The number of aliphatic hydroxyl groups excluding tert-OH is 2. The van der Waals surface area contributed by atoms with E-state index in [0.29, 0.717) is 44.9 Å². The third-order valence-corrected chi connectivity index (χ3v) is 7.01. The first kappa shape index (κ1) is 26.8. The Balaban J connectivity index is 2.65. The number of allylic oxidation sites excluding steroid dienone is 2. The molecule has 0 radical (unpaired) electrons. The molecular formula is C25H44O5. The molecule has 1 saturated carbocycles. The van der Waals surface area contributed by atoms with Crippen LogP contribution in [0.25, 0.3) is 0 Å². The van der Waals surface area contributed by atoms with E-state index < -0.39 is 23.6 Å². The number of carbonyl (C=O) groups is 2. The highest BCUT2D eigenvalue weighted by Gasteiger charge is 2.54. The molecule has 1 rings (SSSR count). The van der Waals surface area contributed by atoms with Gasteiger partial charge in [-0.3, -0.25) is 9.59 Å². The summed E-state index contributed by atoms with van der Waals surface area (Å²) in [5, 5.41) is 30.3. The number of unbranched alkanes of at least 4 members (excludes halogenated alkanes) is 5. The van der Waals surface area contributed by atoms with Gasteiger partial charge in [0.2, 0.25) is 0 Å². The van der Waals surface area contributed by atoms with Crippen LogP contribution in [0.1, 0.15) is 104 Å².